The van der Waals surface area contributed by atoms with Gasteiger partial charge in [0.2, 0.25) is 0 Å². The molecule has 0 N–H and O–H groups in total. The van der Waals surface area contributed by atoms with Gasteiger partial charge in [0, 0.05) is 19.3 Å². The average molecular weight is 821 g/mol. The van der Waals surface area contributed by atoms with Crippen LogP contribution in [-0.4, -0.2) is 37.2 Å². The molecule has 0 saturated carbocycles. The molecule has 344 valence electrons. The molecule has 6 heteroatoms. The Hall–Kier alpha value is -1.59. The van der Waals surface area contributed by atoms with E-state index in [0.717, 1.165) is 69.6 Å². The normalized spacial score (nSPS) is 13.0. The summed E-state index contributed by atoms with van der Waals surface area (Å²) in [5.74, 6) is 0.891. The molecule has 0 rings (SSSR count). The van der Waals surface area contributed by atoms with Crippen molar-refractivity contribution in [3.8, 4) is 0 Å². The Bertz CT molecular complexity index is 889. The van der Waals surface area contributed by atoms with Crippen LogP contribution in [0.4, 0.5) is 0 Å². The highest BCUT2D eigenvalue weighted by Crippen LogP contribution is 2.18. The van der Waals surface area contributed by atoms with Gasteiger partial charge in [-0.3, -0.25) is 14.4 Å². The van der Waals surface area contributed by atoms with Crippen LogP contribution in [0.5, 0.6) is 0 Å². The molecule has 0 bridgehead atoms. The van der Waals surface area contributed by atoms with Crippen LogP contribution in [0.2, 0.25) is 0 Å². The maximum atomic E-state index is 12.8. The van der Waals surface area contributed by atoms with E-state index in [2.05, 4.69) is 34.6 Å². The zero-order valence-electron chi connectivity index (χ0n) is 39.7. The number of carbonyl (C=O) groups excluding carboxylic acids is 3. The Kier molecular flexibility index (Phi) is 43.7. The van der Waals surface area contributed by atoms with E-state index in [-0.39, 0.29) is 31.1 Å². The number of ether oxygens (including phenoxy) is 3. The van der Waals surface area contributed by atoms with E-state index in [4.69, 9.17) is 14.2 Å². The van der Waals surface area contributed by atoms with Crippen LogP contribution in [-0.2, 0) is 28.6 Å². The smallest absolute Gasteiger partial charge is 0.306 e. The van der Waals surface area contributed by atoms with Gasteiger partial charge in [-0.1, -0.05) is 247 Å². The molecule has 0 aliphatic carbocycles. The molecular formula is C52H100O6. The summed E-state index contributed by atoms with van der Waals surface area (Å²) in [4.78, 5) is 37.9. The van der Waals surface area contributed by atoms with Crippen LogP contribution >= 0.6 is 0 Å². The van der Waals surface area contributed by atoms with E-state index in [1.807, 2.05) is 0 Å². The third kappa shape index (κ3) is 42.5. The second-order valence-corrected chi connectivity index (χ2v) is 18.3. The van der Waals surface area contributed by atoms with Crippen molar-refractivity contribution in [1.82, 2.24) is 0 Å². The van der Waals surface area contributed by atoms with Gasteiger partial charge in [-0.05, 0) is 31.1 Å². The predicted molar refractivity (Wildman–Crippen MR) is 247 cm³/mol. The minimum Gasteiger partial charge on any atom is -0.462 e. The molecule has 0 aliphatic rings. The van der Waals surface area contributed by atoms with Gasteiger partial charge in [-0.15, -0.1) is 0 Å². The van der Waals surface area contributed by atoms with Crippen molar-refractivity contribution in [1.29, 1.82) is 0 Å². The zero-order chi connectivity index (χ0) is 42.6. The molecule has 0 spiro atoms. The second kappa shape index (κ2) is 44.9. The highest BCUT2D eigenvalue weighted by Gasteiger charge is 2.19. The molecule has 3 atom stereocenters. The predicted octanol–water partition coefficient (Wildman–Crippen LogP) is 16.5. The highest BCUT2D eigenvalue weighted by atomic mass is 16.6. The topological polar surface area (TPSA) is 78.9 Å². The largest absolute Gasteiger partial charge is 0.462 e. The minimum absolute atomic E-state index is 0.0641. The van der Waals surface area contributed by atoms with Gasteiger partial charge in [-0.25, -0.2) is 0 Å². The lowest BCUT2D eigenvalue weighted by molar-refractivity contribution is -0.167. The van der Waals surface area contributed by atoms with Crippen molar-refractivity contribution in [3.05, 3.63) is 0 Å². The van der Waals surface area contributed by atoms with Crippen LogP contribution < -0.4 is 0 Å². The van der Waals surface area contributed by atoms with Gasteiger partial charge in [0.15, 0.2) is 6.10 Å². The van der Waals surface area contributed by atoms with Gasteiger partial charge in [0.05, 0.1) is 0 Å². The average Bonchev–Trinajstić information content (AvgIpc) is 3.22. The van der Waals surface area contributed by atoms with Gasteiger partial charge in [0.25, 0.3) is 0 Å². The lowest BCUT2D eigenvalue weighted by Crippen LogP contribution is -2.30. The van der Waals surface area contributed by atoms with Crippen molar-refractivity contribution in [2.75, 3.05) is 13.2 Å². The molecule has 6 nitrogen and oxygen atoms in total. The molecule has 0 aromatic carbocycles. The molecule has 0 radical (unpaired) electrons. The summed E-state index contributed by atoms with van der Waals surface area (Å²) in [5.41, 5.74) is 0. The number of hydrogen-bond acceptors (Lipinski definition) is 6. The fraction of sp³-hybridized carbons (Fsp3) is 0.942. The third-order valence-electron chi connectivity index (χ3n) is 12.4. The minimum atomic E-state index is -0.761. The van der Waals surface area contributed by atoms with Crippen molar-refractivity contribution in [2.45, 2.75) is 291 Å². The van der Waals surface area contributed by atoms with Gasteiger partial charge >= 0.3 is 17.9 Å². The van der Waals surface area contributed by atoms with Crippen molar-refractivity contribution < 1.29 is 28.6 Å². The summed E-state index contributed by atoms with van der Waals surface area (Å²) in [6.07, 6.45) is 45.0. The van der Waals surface area contributed by atoms with E-state index in [1.165, 1.54) is 173 Å². The van der Waals surface area contributed by atoms with Crippen molar-refractivity contribution >= 4 is 17.9 Å². The van der Waals surface area contributed by atoms with Gasteiger partial charge in [-0.2, -0.15) is 0 Å². The first kappa shape index (κ1) is 56.4. The van der Waals surface area contributed by atoms with E-state index in [0.29, 0.717) is 19.3 Å². The fourth-order valence-electron chi connectivity index (χ4n) is 7.75. The molecular weight excluding hydrogens is 721 g/mol. The highest BCUT2D eigenvalue weighted by molar-refractivity contribution is 5.71. The van der Waals surface area contributed by atoms with E-state index in [1.54, 1.807) is 0 Å². The maximum Gasteiger partial charge on any atom is 0.306 e. The lowest BCUT2D eigenvalue weighted by Gasteiger charge is -2.18. The maximum absolute atomic E-state index is 12.8. The SMILES string of the molecule is CCCCCCCCCCCCC(=O)OC[C@@H](COC(=O)CCCCCCCCCCC(C)CC)OC(=O)CCCCCCCCCCCCCCCCC(C)CC. The Labute approximate surface area is 361 Å². The Morgan fingerprint density at radius 1 is 0.345 bits per heavy atom. The van der Waals surface area contributed by atoms with Crippen molar-refractivity contribution in [3.63, 3.8) is 0 Å². The van der Waals surface area contributed by atoms with Crippen LogP contribution in [0.3, 0.4) is 0 Å². The standard InChI is InChI=1S/C52H100O6/c1-6-9-10-11-12-13-21-27-32-37-42-50(53)56-45-49(46-57-51(54)43-38-33-28-24-23-26-31-36-41-48(5)8-3)58-52(55)44-39-34-29-22-19-17-15-14-16-18-20-25-30-35-40-47(4)7-2/h47-49H,6-46H2,1-5H3/t47?,48?,49-/m0/s1. The Morgan fingerprint density at radius 2 is 0.603 bits per heavy atom. The molecule has 0 saturated heterocycles. The van der Waals surface area contributed by atoms with E-state index >= 15 is 0 Å². The van der Waals surface area contributed by atoms with E-state index in [9.17, 15) is 14.4 Å². The molecule has 0 aromatic rings. The van der Waals surface area contributed by atoms with Crippen LogP contribution in [0, 0.1) is 11.8 Å². The van der Waals surface area contributed by atoms with Crippen LogP contribution in [0.15, 0.2) is 0 Å². The van der Waals surface area contributed by atoms with Crippen LogP contribution in [0.25, 0.3) is 0 Å². The number of hydrogen-bond donors (Lipinski definition) is 0. The third-order valence-corrected chi connectivity index (χ3v) is 12.4. The summed E-state index contributed by atoms with van der Waals surface area (Å²) in [5, 5.41) is 0. The second-order valence-electron chi connectivity index (χ2n) is 18.3. The first-order valence-corrected chi connectivity index (χ1v) is 25.8. The molecule has 58 heavy (non-hydrogen) atoms. The quantitative estimate of drug-likeness (QED) is 0.0346. The summed E-state index contributed by atoms with van der Waals surface area (Å²) in [6, 6.07) is 0. The summed E-state index contributed by atoms with van der Waals surface area (Å²) in [7, 11) is 0. The zero-order valence-corrected chi connectivity index (χ0v) is 39.7. The fourth-order valence-corrected chi connectivity index (χ4v) is 7.75. The Balaban J connectivity index is 4.29. The summed E-state index contributed by atoms with van der Waals surface area (Å²) < 4.78 is 16.8. The lowest BCUT2D eigenvalue weighted by atomic mass is 9.99. The van der Waals surface area contributed by atoms with Crippen LogP contribution in [0.1, 0.15) is 285 Å². The molecule has 0 amide bonds. The van der Waals surface area contributed by atoms with Gasteiger partial charge in [0.1, 0.15) is 13.2 Å². The molecule has 0 fully saturated rings. The number of rotatable bonds is 46. The molecule has 0 heterocycles. The summed E-state index contributed by atoms with van der Waals surface area (Å²) >= 11 is 0. The molecule has 0 aromatic heterocycles. The number of esters is 3. The van der Waals surface area contributed by atoms with Crippen molar-refractivity contribution in [2.24, 2.45) is 11.8 Å². The Morgan fingerprint density at radius 3 is 0.897 bits per heavy atom. The molecule has 2 unspecified atom stereocenters. The van der Waals surface area contributed by atoms with Gasteiger partial charge < -0.3 is 14.2 Å². The number of unbranched alkanes of at least 4 members (excludes halogenated alkanes) is 29. The van der Waals surface area contributed by atoms with E-state index < -0.39 is 6.10 Å². The summed E-state index contributed by atoms with van der Waals surface area (Å²) in [6.45, 7) is 11.4. The number of carbonyl (C=O) groups is 3. The first-order chi connectivity index (χ1) is 28.3. The first-order valence-electron chi connectivity index (χ1n) is 25.8. The monoisotopic (exact) mass is 821 g/mol. The molecule has 0 aliphatic heterocycles.